The first kappa shape index (κ1) is 76.7. The highest BCUT2D eigenvalue weighted by Gasteiger charge is 2.30. The molecule has 0 unspecified atom stereocenters. The Morgan fingerprint density at radius 3 is 1.50 bits per heavy atom. The fourth-order valence-corrected chi connectivity index (χ4v) is 10.3. The third kappa shape index (κ3) is 27.9. The van der Waals surface area contributed by atoms with Gasteiger partial charge in [0, 0.05) is 99.7 Å². The van der Waals surface area contributed by atoms with Crippen molar-refractivity contribution in [3.8, 4) is 0 Å². The third-order valence-electron chi connectivity index (χ3n) is 14.9. The fourth-order valence-electron chi connectivity index (χ4n) is 9.82. The number of rotatable bonds is 36. The van der Waals surface area contributed by atoms with Gasteiger partial charge in [-0.15, -0.1) is 0 Å². The average Bonchev–Trinajstić information content (AvgIpc) is 1.81. The molecule has 0 aliphatic carbocycles. The highest BCUT2D eigenvalue weighted by molar-refractivity contribution is 7.98. The molecule has 5 rings (SSSR count). The molecule has 522 valence electrons. The molecule has 35 nitrogen and oxygen atoms in total. The summed E-state index contributed by atoms with van der Waals surface area (Å²) in [4.78, 5) is 196. The number of carboxylic acids is 3. The van der Waals surface area contributed by atoms with Crippen LogP contribution in [0.3, 0.4) is 0 Å². The summed E-state index contributed by atoms with van der Waals surface area (Å²) in [6.07, 6.45) is 6.38. The van der Waals surface area contributed by atoms with Crippen LogP contribution in [0.15, 0.2) is 67.3 Å². The first-order valence-electron chi connectivity index (χ1n) is 30.6. The first-order chi connectivity index (χ1) is 45.7. The van der Waals surface area contributed by atoms with E-state index in [0.29, 0.717) is 17.0 Å². The number of thioether (sulfide) groups is 1. The Labute approximate surface area is 555 Å². The number of amides is 11. The second kappa shape index (κ2) is 39.6. The van der Waals surface area contributed by atoms with Crippen LogP contribution in [0.4, 0.5) is 5.69 Å². The molecule has 11 amide bonds. The molecule has 0 saturated carbocycles. The van der Waals surface area contributed by atoms with Crippen LogP contribution >= 0.6 is 11.8 Å². The lowest BCUT2D eigenvalue weighted by Gasteiger charge is -2.32. The minimum absolute atomic E-state index is 0.0758. The van der Waals surface area contributed by atoms with Gasteiger partial charge in [0.2, 0.25) is 59.1 Å². The van der Waals surface area contributed by atoms with Crippen molar-refractivity contribution in [2.75, 3.05) is 129 Å². The van der Waals surface area contributed by atoms with E-state index in [1.165, 1.54) is 48.6 Å². The van der Waals surface area contributed by atoms with E-state index >= 15 is 0 Å². The SMILES string of the molecule is CSCC[C@H](NC(=O)CNC(=O)[C@H](Cc1c[nH]cn1)NC(=O)CNC(=O)[C@@H](NC(=O)CNC(=O)[C@H](Cc1c[nH]c2ccccc12)NC(=O)CNC(=O)c1ccc(NC(=O)CNC(=O)CN2CCN(CC(=O)O)CCN(CC(=O)O)CCN(CC(=O)O)CC2)cc1)C(C)C)C(N)=O. The molecule has 1 fully saturated rings. The molecule has 0 spiro atoms. The van der Waals surface area contributed by atoms with Crippen LogP contribution < -0.4 is 58.9 Å². The van der Waals surface area contributed by atoms with Crippen molar-refractivity contribution in [2.24, 2.45) is 11.7 Å². The third-order valence-corrected chi connectivity index (χ3v) is 15.5. The highest BCUT2D eigenvalue weighted by atomic mass is 32.2. The number of carbonyl (C=O) groups excluding carboxylic acids is 11. The van der Waals surface area contributed by atoms with Gasteiger partial charge in [0.25, 0.3) is 5.91 Å². The predicted octanol–water partition coefficient (Wildman–Crippen LogP) is -5.18. The second-order valence-electron chi connectivity index (χ2n) is 22.7. The molecule has 3 heterocycles. The maximum atomic E-state index is 13.9. The number of fused-ring (bicyclic) bond motifs is 1. The lowest BCUT2D eigenvalue weighted by atomic mass is 10.0. The number of imidazole rings is 1. The zero-order valence-corrected chi connectivity index (χ0v) is 54.2. The van der Waals surface area contributed by atoms with Crippen LogP contribution in [0.1, 0.15) is 41.9 Å². The number of nitrogens with one attached hydrogen (secondary N) is 12. The Morgan fingerprint density at radius 2 is 1.01 bits per heavy atom. The summed E-state index contributed by atoms with van der Waals surface area (Å²) in [7, 11) is 0. The van der Waals surface area contributed by atoms with Gasteiger partial charge in [-0.1, -0.05) is 32.0 Å². The van der Waals surface area contributed by atoms with E-state index in [0.717, 1.165) is 10.9 Å². The van der Waals surface area contributed by atoms with Crippen LogP contribution in [0.25, 0.3) is 10.9 Å². The lowest BCUT2D eigenvalue weighted by Crippen LogP contribution is -2.56. The number of carbonyl (C=O) groups is 14. The molecular weight excluding hydrogens is 1280 g/mol. The molecule has 4 atom stereocenters. The highest BCUT2D eigenvalue weighted by Crippen LogP contribution is 2.19. The van der Waals surface area contributed by atoms with Gasteiger partial charge in [-0.25, -0.2) is 4.98 Å². The Hall–Kier alpha value is -10.0. The van der Waals surface area contributed by atoms with Crippen molar-refractivity contribution in [3.63, 3.8) is 0 Å². The van der Waals surface area contributed by atoms with Crippen molar-refractivity contribution < 1.29 is 82.4 Å². The minimum atomic E-state index is -1.31. The molecule has 0 radical (unpaired) electrons. The second-order valence-corrected chi connectivity index (χ2v) is 23.7. The van der Waals surface area contributed by atoms with Crippen LogP contribution in [0, 0.1) is 5.92 Å². The zero-order chi connectivity index (χ0) is 70.3. The van der Waals surface area contributed by atoms with Crippen LogP contribution in [0.5, 0.6) is 0 Å². The van der Waals surface area contributed by atoms with E-state index in [1.54, 1.807) is 57.8 Å². The number of hydrogen-bond donors (Lipinski definition) is 16. The summed E-state index contributed by atoms with van der Waals surface area (Å²) in [5.74, 6) is -11.5. The lowest BCUT2D eigenvalue weighted by molar-refractivity contribution is -0.140. The van der Waals surface area contributed by atoms with Crippen LogP contribution in [-0.4, -0.2) is 280 Å². The molecule has 2 aromatic carbocycles. The van der Waals surface area contributed by atoms with Crippen molar-refractivity contribution in [1.29, 1.82) is 0 Å². The zero-order valence-electron chi connectivity index (χ0n) is 53.4. The number of nitrogens with two attached hydrogens (primary N) is 1. The Morgan fingerprint density at radius 1 is 0.542 bits per heavy atom. The van der Waals surface area contributed by atoms with Crippen molar-refractivity contribution in [1.82, 2.24) is 82.4 Å². The number of aromatic nitrogens is 3. The number of aromatic amines is 2. The maximum absolute atomic E-state index is 13.9. The van der Waals surface area contributed by atoms with Gasteiger partial charge >= 0.3 is 17.9 Å². The molecule has 1 aliphatic rings. The van der Waals surface area contributed by atoms with Crippen molar-refractivity contribution in [2.45, 2.75) is 57.3 Å². The maximum Gasteiger partial charge on any atom is 0.317 e. The number of carboxylic acid groups (broad SMARTS) is 3. The summed E-state index contributed by atoms with van der Waals surface area (Å²) in [5, 5.41) is 54.3. The molecule has 17 N–H and O–H groups in total. The normalized spacial score (nSPS) is 14.8. The number of aliphatic carboxylic acids is 3. The van der Waals surface area contributed by atoms with E-state index < -0.39 is 146 Å². The number of nitrogens with zero attached hydrogens (tertiary/aromatic N) is 5. The number of anilines is 1. The molecule has 1 aliphatic heterocycles. The summed E-state index contributed by atoms with van der Waals surface area (Å²) in [6.45, 7) is 0.539. The first-order valence-corrected chi connectivity index (χ1v) is 32.0. The summed E-state index contributed by atoms with van der Waals surface area (Å²) in [5.41, 5.74) is 7.46. The molecule has 1 saturated heterocycles. The fraction of sp³-hybridized carbons (Fsp3) is 0.483. The topological polar surface area (TPSA) is 503 Å². The van der Waals surface area contributed by atoms with Gasteiger partial charge in [-0.05, 0) is 60.2 Å². The van der Waals surface area contributed by atoms with Gasteiger partial charge in [0.15, 0.2) is 0 Å². The minimum Gasteiger partial charge on any atom is -0.480 e. The van der Waals surface area contributed by atoms with Gasteiger partial charge in [0.1, 0.15) is 24.2 Å². The van der Waals surface area contributed by atoms with E-state index in [1.807, 2.05) is 12.3 Å². The quantitative estimate of drug-likeness (QED) is 0.0202. The smallest absolute Gasteiger partial charge is 0.317 e. The van der Waals surface area contributed by atoms with Gasteiger partial charge in [-0.3, -0.25) is 86.7 Å². The number of hydrogen-bond acceptors (Lipinski definition) is 20. The number of benzene rings is 2. The largest absolute Gasteiger partial charge is 0.480 e. The summed E-state index contributed by atoms with van der Waals surface area (Å²) < 4.78 is 0. The van der Waals surface area contributed by atoms with E-state index in [2.05, 4.69) is 68.1 Å². The standard InChI is InChI=1S/C60H84N18O17S/c1-36(2)55(60(95)68-29-49(82)73-45(23-40-25-62-35-69-40)59(94)66-28-47(80)71-43(56(61)91)12-21-96-3)74-50(83)30-67-58(93)44(22-38-24-63-42-7-5-4-6-41(38)42)72-48(81)27-65-57(92)37-8-10-39(11-9-37)70-46(79)26-64-51(84)31-75-13-15-76(32-52(85)86)17-19-78(34-54(89)90)20-18-77(16-14-75)33-53(87)88/h4-11,24-25,35-36,43-45,55,63H,12-23,26-34H2,1-3H3,(H2,61,91)(H,62,69)(H,64,84)(H,65,92)(H,66,94)(H,67,93)(H,68,95)(H,70,79)(H,71,80)(H,72,81)(H,73,82)(H,74,83)(H,85,86)(H,87,88)(H,89,90)/t43-,44-,45-,55-/m0/s1. The van der Waals surface area contributed by atoms with Crippen LogP contribution in [-0.2, 0) is 75.2 Å². The van der Waals surface area contributed by atoms with Crippen molar-refractivity contribution in [3.05, 3.63) is 84.1 Å². The molecule has 0 bridgehead atoms. The van der Waals surface area contributed by atoms with E-state index in [9.17, 15) is 82.4 Å². The Bertz CT molecular complexity index is 3320. The van der Waals surface area contributed by atoms with E-state index in [4.69, 9.17) is 5.73 Å². The van der Waals surface area contributed by atoms with Crippen molar-refractivity contribution >= 4 is 111 Å². The summed E-state index contributed by atoms with van der Waals surface area (Å²) in [6, 6.07) is 7.93. The molecule has 36 heteroatoms. The van der Waals surface area contributed by atoms with Gasteiger partial charge in [0.05, 0.1) is 70.9 Å². The Kier molecular flexibility index (Phi) is 31.6. The number of para-hydroxylation sites is 1. The van der Waals surface area contributed by atoms with Crippen LogP contribution in [0.2, 0.25) is 0 Å². The summed E-state index contributed by atoms with van der Waals surface area (Å²) >= 11 is 1.45. The number of H-pyrrole nitrogens is 2. The molecule has 2 aromatic heterocycles. The molecule has 96 heavy (non-hydrogen) atoms. The predicted molar refractivity (Wildman–Crippen MR) is 347 cm³/mol. The van der Waals surface area contributed by atoms with Gasteiger partial charge < -0.3 is 84.2 Å². The molecule has 4 aromatic rings. The van der Waals surface area contributed by atoms with E-state index in [-0.39, 0.29) is 109 Å². The number of primary amides is 1. The Balaban J connectivity index is 1.11. The molecular formula is C60H84N18O17S. The monoisotopic (exact) mass is 1360 g/mol. The average molecular weight is 1360 g/mol. The van der Waals surface area contributed by atoms with Gasteiger partial charge in [-0.2, -0.15) is 11.8 Å².